The van der Waals surface area contributed by atoms with E-state index in [4.69, 9.17) is 0 Å². The summed E-state index contributed by atoms with van der Waals surface area (Å²) in [6.07, 6.45) is 0. The highest BCUT2D eigenvalue weighted by molar-refractivity contribution is 6.14. The van der Waals surface area contributed by atoms with Gasteiger partial charge in [-0.25, -0.2) is 0 Å². The monoisotopic (exact) mass is 813 g/mol. The minimum atomic E-state index is -0.552. The first kappa shape index (κ1) is 37.5. The minimum Gasteiger partial charge on any atom is -0.309 e. The highest BCUT2D eigenvalue weighted by atomic mass is 15.1. The van der Waals surface area contributed by atoms with E-state index in [-0.39, 0.29) is 0 Å². The standard InChI is InChI=1S/C63H43N/c1-5-21-44(22-6-1)52-31-18-20-36-61(52)64(50-38-40-57-56-34-17-19-35-59(56)63(60(57)43-50,48-26-9-3-10-27-48)49-28-11-4-12-29-49)62-42-47(37-39-53(62)45-23-7-2-8-24-45)58-41-46-25-13-14-30-51(46)54-32-15-16-33-55(54)58/h1-43H. The van der Waals surface area contributed by atoms with Gasteiger partial charge in [0, 0.05) is 16.8 Å². The first-order valence-electron chi connectivity index (χ1n) is 22.2. The lowest BCUT2D eigenvalue weighted by molar-refractivity contribution is 0.768. The molecule has 0 radical (unpaired) electrons. The van der Waals surface area contributed by atoms with E-state index >= 15 is 0 Å². The molecular weight excluding hydrogens is 771 g/mol. The summed E-state index contributed by atoms with van der Waals surface area (Å²) in [6, 6.07) is 96.1. The Morgan fingerprint density at radius 3 is 1.45 bits per heavy atom. The summed E-state index contributed by atoms with van der Waals surface area (Å²) in [7, 11) is 0. The number of hydrogen-bond acceptors (Lipinski definition) is 1. The van der Waals surface area contributed by atoms with Gasteiger partial charge in [-0.05, 0) is 108 Å². The van der Waals surface area contributed by atoms with Gasteiger partial charge in [0.2, 0.25) is 0 Å². The first-order chi connectivity index (χ1) is 31.8. The molecule has 0 atom stereocenters. The fourth-order valence-corrected chi connectivity index (χ4v) is 10.5. The number of benzene rings is 11. The van der Waals surface area contributed by atoms with E-state index < -0.39 is 5.41 Å². The predicted molar refractivity (Wildman–Crippen MR) is 270 cm³/mol. The molecule has 0 unspecified atom stereocenters. The molecule has 0 aliphatic heterocycles. The van der Waals surface area contributed by atoms with Crippen LogP contribution in [0.2, 0.25) is 0 Å². The maximum Gasteiger partial charge on any atom is 0.0714 e. The van der Waals surface area contributed by atoms with Crippen molar-refractivity contribution in [1.82, 2.24) is 0 Å². The van der Waals surface area contributed by atoms with Crippen LogP contribution < -0.4 is 4.90 Å². The fraction of sp³-hybridized carbons (Fsp3) is 0.0159. The van der Waals surface area contributed by atoms with Crippen LogP contribution in [0.4, 0.5) is 17.1 Å². The van der Waals surface area contributed by atoms with Crippen LogP contribution in [0, 0.1) is 0 Å². The molecule has 0 spiro atoms. The molecule has 0 heterocycles. The average molecular weight is 814 g/mol. The number of hydrogen-bond donors (Lipinski definition) is 0. The molecule has 11 aromatic carbocycles. The van der Waals surface area contributed by atoms with Crippen LogP contribution in [0.15, 0.2) is 261 Å². The molecule has 11 aromatic rings. The Kier molecular flexibility index (Phi) is 9.13. The molecule has 0 bridgehead atoms. The van der Waals surface area contributed by atoms with Gasteiger partial charge in [0.05, 0.1) is 16.8 Å². The Bertz CT molecular complexity index is 3440. The Balaban J connectivity index is 1.19. The van der Waals surface area contributed by atoms with Gasteiger partial charge in [-0.1, -0.05) is 231 Å². The molecule has 1 aliphatic rings. The topological polar surface area (TPSA) is 3.24 Å². The average Bonchev–Trinajstić information content (AvgIpc) is 3.68. The third kappa shape index (κ3) is 6.01. The van der Waals surface area contributed by atoms with Crippen molar-refractivity contribution in [3.8, 4) is 44.5 Å². The highest BCUT2D eigenvalue weighted by Gasteiger charge is 2.46. The van der Waals surface area contributed by atoms with Crippen molar-refractivity contribution in [2.24, 2.45) is 0 Å². The van der Waals surface area contributed by atoms with Crippen LogP contribution in [0.5, 0.6) is 0 Å². The lowest BCUT2D eigenvalue weighted by Crippen LogP contribution is -2.28. The lowest BCUT2D eigenvalue weighted by atomic mass is 9.67. The Labute approximate surface area is 374 Å². The number of para-hydroxylation sites is 1. The second kappa shape index (κ2) is 15.6. The van der Waals surface area contributed by atoms with Gasteiger partial charge in [0.25, 0.3) is 0 Å². The zero-order valence-electron chi connectivity index (χ0n) is 35.3. The van der Waals surface area contributed by atoms with Crippen molar-refractivity contribution in [2.45, 2.75) is 5.41 Å². The third-order valence-electron chi connectivity index (χ3n) is 13.3. The van der Waals surface area contributed by atoms with E-state index in [1.54, 1.807) is 0 Å². The third-order valence-corrected chi connectivity index (χ3v) is 13.3. The van der Waals surface area contributed by atoms with E-state index in [0.29, 0.717) is 0 Å². The molecule has 300 valence electrons. The summed E-state index contributed by atoms with van der Waals surface area (Å²) >= 11 is 0. The fourth-order valence-electron chi connectivity index (χ4n) is 10.5. The van der Waals surface area contributed by atoms with Gasteiger partial charge in [-0.15, -0.1) is 0 Å². The molecule has 64 heavy (non-hydrogen) atoms. The molecule has 0 fully saturated rings. The Morgan fingerprint density at radius 2 is 0.766 bits per heavy atom. The summed E-state index contributed by atoms with van der Waals surface area (Å²) in [6.45, 7) is 0. The first-order valence-corrected chi connectivity index (χ1v) is 22.2. The largest absolute Gasteiger partial charge is 0.309 e. The predicted octanol–water partition coefficient (Wildman–Crippen LogP) is 16.8. The van der Waals surface area contributed by atoms with Crippen molar-refractivity contribution in [1.29, 1.82) is 0 Å². The Hall–Kier alpha value is -8.26. The summed E-state index contributed by atoms with van der Waals surface area (Å²) in [4.78, 5) is 2.53. The molecule has 0 aromatic heterocycles. The van der Waals surface area contributed by atoms with Gasteiger partial charge in [-0.3, -0.25) is 0 Å². The maximum atomic E-state index is 2.53. The van der Waals surface area contributed by atoms with Crippen LogP contribution >= 0.6 is 0 Å². The lowest BCUT2D eigenvalue weighted by Gasteiger charge is -2.35. The van der Waals surface area contributed by atoms with E-state index in [0.717, 1.165) is 44.9 Å². The summed E-state index contributed by atoms with van der Waals surface area (Å²) in [5.41, 5.74) is 17.3. The summed E-state index contributed by atoms with van der Waals surface area (Å²) in [5, 5.41) is 4.99. The van der Waals surface area contributed by atoms with Crippen LogP contribution in [-0.2, 0) is 5.41 Å². The second-order valence-electron chi connectivity index (χ2n) is 16.8. The quantitative estimate of drug-likeness (QED) is 0.138. The van der Waals surface area contributed by atoms with Gasteiger partial charge in [0.15, 0.2) is 0 Å². The van der Waals surface area contributed by atoms with Crippen molar-refractivity contribution >= 4 is 38.6 Å². The SMILES string of the molecule is c1ccc(-c2ccccc2N(c2ccc3c(c2)C(c2ccccc2)(c2ccccc2)c2ccccc2-3)c2cc(-c3cc4ccccc4c4ccccc34)ccc2-c2ccccc2)cc1. The number of rotatable bonds is 8. The molecule has 0 N–H and O–H groups in total. The number of fused-ring (bicyclic) bond motifs is 6. The highest BCUT2D eigenvalue weighted by Crippen LogP contribution is 2.58. The maximum absolute atomic E-state index is 2.53. The van der Waals surface area contributed by atoms with Gasteiger partial charge in [0.1, 0.15) is 0 Å². The van der Waals surface area contributed by atoms with Gasteiger partial charge >= 0.3 is 0 Å². The van der Waals surface area contributed by atoms with Crippen molar-refractivity contribution < 1.29 is 0 Å². The summed E-state index contributed by atoms with van der Waals surface area (Å²) in [5.74, 6) is 0. The molecule has 0 saturated heterocycles. The molecule has 1 nitrogen and oxygen atoms in total. The van der Waals surface area contributed by atoms with Crippen LogP contribution in [0.1, 0.15) is 22.3 Å². The molecule has 12 rings (SSSR count). The zero-order valence-corrected chi connectivity index (χ0v) is 35.3. The van der Waals surface area contributed by atoms with Gasteiger partial charge < -0.3 is 4.90 Å². The smallest absolute Gasteiger partial charge is 0.0714 e. The zero-order chi connectivity index (χ0) is 42.5. The van der Waals surface area contributed by atoms with E-state index in [9.17, 15) is 0 Å². The van der Waals surface area contributed by atoms with Crippen molar-refractivity contribution in [2.75, 3.05) is 4.90 Å². The van der Waals surface area contributed by atoms with Crippen molar-refractivity contribution in [3.05, 3.63) is 283 Å². The molecule has 0 amide bonds. The van der Waals surface area contributed by atoms with Crippen molar-refractivity contribution in [3.63, 3.8) is 0 Å². The minimum absolute atomic E-state index is 0.552. The Morgan fingerprint density at radius 1 is 0.266 bits per heavy atom. The second-order valence-corrected chi connectivity index (χ2v) is 16.8. The van der Waals surface area contributed by atoms with E-state index in [1.165, 1.54) is 60.5 Å². The summed E-state index contributed by atoms with van der Waals surface area (Å²) < 4.78 is 0. The molecule has 1 heteroatoms. The van der Waals surface area contributed by atoms with Crippen LogP contribution in [-0.4, -0.2) is 0 Å². The molecular formula is C63H43N. The number of nitrogens with zero attached hydrogens (tertiary/aromatic N) is 1. The molecule has 0 saturated carbocycles. The number of anilines is 3. The normalized spacial score (nSPS) is 12.5. The van der Waals surface area contributed by atoms with E-state index in [2.05, 4.69) is 266 Å². The van der Waals surface area contributed by atoms with Gasteiger partial charge in [-0.2, -0.15) is 0 Å². The van der Waals surface area contributed by atoms with Crippen LogP contribution in [0.3, 0.4) is 0 Å². The van der Waals surface area contributed by atoms with Crippen LogP contribution in [0.25, 0.3) is 66.1 Å². The van der Waals surface area contributed by atoms with E-state index in [1.807, 2.05) is 0 Å². The molecule has 1 aliphatic carbocycles.